The fourth-order valence-corrected chi connectivity index (χ4v) is 2.22. The second kappa shape index (κ2) is 7.47. The van der Waals surface area contributed by atoms with E-state index in [9.17, 15) is 8.78 Å². The van der Waals surface area contributed by atoms with Crippen LogP contribution in [0.1, 0.15) is 39.2 Å². The third-order valence-electron chi connectivity index (χ3n) is 3.03. The number of halogens is 2. The molecule has 0 radical (unpaired) electrons. The fourth-order valence-electron chi connectivity index (χ4n) is 2.22. The molecule has 1 aromatic carbocycles. The van der Waals surface area contributed by atoms with Crippen molar-refractivity contribution in [3.8, 4) is 0 Å². The molecule has 0 amide bonds. The van der Waals surface area contributed by atoms with Crippen LogP contribution in [-0.4, -0.2) is 12.6 Å². The standard InChI is InChI=1S/C15H23F2N/c1-4-18-14(9-11(2)3)8-6-12-5-7-13(16)10-15(12)17/h5,7,10-11,14,18H,4,6,8-9H2,1-3H3. The highest BCUT2D eigenvalue weighted by molar-refractivity contribution is 5.18. The molecule has 18 heavy (non-hydrogen) atoms. The molecule has 0 fully saturated rings. The third-order valence-corrected chi connectivity index (χ3v) is 3.03. The molecule has 0 aromatic heterocycles. The van der Waals surface area contributed by atoms with E-state index in [1.54, 1.807) is 6.07 Å². The van der Waals surface area contributed by atoms with Crippen LogP contribution in [0.5, 0.6) is 0 Å². The zero-order valence-electron chi connectivity index (χ0n) is 11.5. The molecule has 3 heteroatoms. The lowest BCUT2D eigenvalue weighted by Crippen LogP contribution is -2.30. The van der Waals surface area contributed by atoms with Gasteiger partial charge in [0.2, 0.25) is 0 Å². The zero-order valence-corrected chi connectivity index (χ0v) is 11.5. The van der Waals surface area contributed by atoms with Crippen molar-refractivity contribution >= 4 is 0 Å². The Morgan fingerprint density at radius 1 is 1.22 bits per heavy atom. The fraction of sp³-hybridized carbons (Fsp3) is 0.600. The Morgan fingerprint density at radius 3 is 2.50 bits per heavy atom. The number of nitrogens with one attached hydrogen (secondary N) is 1. The van der Waals surface area contributed by atoms with E-state index in [1.165, 1.54) is 6.07 Å². The number of rotatable bonds is 7. The molecule has 0 spiro atoms. The van der Waals surface area contributed by atoms with Crippen molar-refractivity contribution in [3.63, 3.8) is 0 Å². The van der Waals surface area contributed by atoms with Crippen LogP contribution in [0, 0.1) is 17.6 Å². The Kier molecular flexibility index (Phi) is 6.27. The summed E-state index contributed by atoms with van der Waals surface area (Å²) in [5.74, 6) is -0.330. The van der Waals surface area contributed by atoms with E-state index in [4.69, 9.17) is 0 Å². The third kappa shape index (κ3) is 5.13. The molecular formula is C15H23F2N. The topological polar surface area (TPSA) is 12.0 Å². The molecule has 0 aliphatic carbocycles. The maximum Gasteiger partial charge on any atom is 0.129 e. The molecule has 1 rings (SSSR count). The Hall–Kier alpha value is -0.960. The molecule has 0 saturated carbocycles. The van der Waals surface area contributed by atoms with E-state index in [1.807, 2.05) is 0 Å². The molecule has 0 bridgehead atoms. The van der Waals surface area contributed by atoms with Crippen LogP contribution >= 0.6 is 0 Å². The van der Waals surface area contributed by atoms with Crippen molar-refractivity contribution in [1.82, 2.24) is 5.32 Å². The van der Waals surface area contributed by atoms with Crippen LogP contribution in [0.25, 0.3) is 0 Å². The van der Waals surface area contributed by atoms with Crippen LogP contribution in [0.3, 0.4) is 0 Å². The SMILES string of the molecule is CCNC(CCc1ccc(F)cc1F)CC(C)C. The Balaban J connectivity index is 2.55. The van der Waals surface area contributed by atoms with E-state index in [0.29, 0.717) is 23.9 Å². The highest BCUT2D eigenvalue weighted by atomic mass is 19.1. The van der Waals surface area contributed by atoms with Gasteiger partial charge in [0.15, 0.2) is 0 Å². The largest absolute Gasteiger partial charge is 0.314 e. The summed E-state index contributed by atoms with van der Waals surface area (Å²) in [6.45, 7) is 7.36. The number of hydrogen-bond donors (Lipinski definition) is 1. The minimum absolute atomic E-state index is 0.402. The predicted octanol–water partition coefficient (Wildman–Crippen LogP) is 3.92. The van der Waals surface area contributed by atoms with Crippen LogP contribution in [0.4, 0.5) is 8.78 Å². The first kappa shape index (κ1) is 15.1. The molecule has 1 atom stereocenters. The summed E-state index contributed by atoms with van der Waals surface area (Å²) in [4.78, 5) is 0. The molecule has 102 valence electrons. The molecule has 0 saturated heterocycles. The lowest BCUT2D eigenvalue weighted by molar-refractivity contribution is 0.403. The van der Waals surface area contributed by atoms with E-state index in [0.717, 1.165) is 25.5 Å². The van der Waals surface area contributed by atoms with Gasteiger partial charge in [0.1, 0.15) is 11.6 Å². The van der Waals surface area contributed by atoms with Gasteiger partial charge >= 0.3 is 0 Å². The number of aryl methyl sites for hydroxylation is 1. The monoisotopic (exact) mass is 255 g/mol. The average Bonchev–Trinajstić information content (AvgIpc) is 2.27. The van der Waals surface area contributed by atoms with Crippen LogP contribution in [-0.2, 0) is 6.42 Å². The molecule has 1 aromatic rings. The van der Waals surface area contributed by atoms with E-state index in [-0.39, 0.29) is 0 Å². The molecule has 0 aliphatic heterocycles. The highest BCUT2D eigenvalue weighted by Gasteiger charge is 2.11. The van der Waals surface area contributed by atoms with Crippen molar-refractivity contribution in [2.24, 2.45) is 5.92 Å². The maximum absolute atomic E-state index is 13.5. The van der Waals surface area contributed by atoms with Gasteiger partial charge in [-0.3, -0.25) is 0 Å². The van der Waals surface area contributed by atoms with Gasteiger partial charge in [-0.15, -0.1) is 0 Å². The molecule has 1 nitrogen and oxygen atoms in total. The highest BCUT2D eigenvalue weighted by Crippen LogP contribution is 2.15. The van der Waals surface area contributed by atoms with Gasteiger partial charge in [-0.1, -0.05) is 26.8 Å². The Labute approximate surface area is 109 Å². The van der Waals surface area contributed by atoms with E-state index < -0.39 is 11.6 Å². The van der Waals surface area contributed by atoms with Gasteiger partial charge < -0.3 is 5.32 Å². The summed E-state index contributed by atoms with van der Waals surface area (Å²) in [6, 6.07) is 4.23. The Morgan fingerprint density at radius 2 is 1.94 bits per heavy atom. The quantitative estimate of drug-likeness (QED) is 0.778. The normalized spacial score (nSPS) is 13.0. The summed E-state index contributed by atoms with van der Waals surface area (Å²) in [5, 5.41) is 3.42. The van der Waals surface area contributed by atoms with Crippen molar-refractivity contribution in [2.45, 2.75) is 46.1 Å². The molecule has 0 aliphatic rings. The second-order valence-corrected chi connectivity index (χ2v) is 5.16. The summed E-state index contributed by atoms with van der Waals surface area (Å²) >= 11 is 0. The summed E-state index contributed by atoms with van der Waals surface area (Å²) < 4.78 is 26.3. The average molecular weight is 255 g/mol. The Bertz CT molecular complexity index is 364. The van der Waals surface area contributed by atoms with Gasteiger partial charge in [0, 0.05) is 12.1 Å². The van der Waals surface area contributed by atoms with Crippen molar-refractivity contribution < 1.29 is 8.78 Å². The number of hydrogen-bond acceptors (Lipinski definition) is 1. The van der Waals surface area contributed by atoms with Gasteiger partial charge in [-0.25, -0.2) is 8.78 Å². The van der Waals surface area contributed by atoms with Crippen molar-refractivity contribution in [1.29, 1.82) is 0 Å². The summed E-state index contributed by atoms with van der Waals surface area (Å²) in [5.41, 5.74) is 0.600. The van der Waals surface area contributed by atoms with Crippen molar-refractivity contribution in [3.05, 3.63) is 35.4 Å². The van der Waals surface area contributed by atoms with E-state index in [2.05, 4.69) is 26.1 Å². The summed E-state index contributed by atoms with van der Waals surface area (Å²) in [6.07, 6.45) is 2.61. The van der Waals surface area contributed by atoms with Gasteiger partial charge in [-0.05, 0) is 43.4 Å². The first-order valence-electron chi connectivity index (χ1n) is 6.70. The zero-order chi connectivity index (χ0) is 13.5. The lowest BCUT2D eigenvalue weighted by atomic mass is 9.97. The lowest BCUT2D eigenvalue weighted by Gasteiger charge is -2.20. The van der Waals surface area contributed by atoms with Gasteiger partial charge in [0.25, 0.3) is 0 Å². The minimum Gasteiger partial charge on any atom is -0.314 e. The van der Waals surface area contributed by atoms with Crippen LogP contribution < -0.4 is 5.32 Å². The molecule has 0 heterocycles. The molecular weight excluding hydrogens is 232 g/mol. The molecule has 1 N–H and O–H groups in total. The molecule has 1 unspecified atom stereocenters. The summed E-state index contributed by atoms with van der Waals surface area (Å²) in [7, 11) is 0. The maximum atomic E-state index is 13.5. The van der Waals surface area contributed by atoms with Gasteiger partial charge in [0.05, 0.1) is 0 Å². The van der Waals surface area contributed by atoms with E-state index >= 15 is 0 Å². The second-order valence-electron chi connectivity index (χ2n) is 5.16. The first-order chi connectivity index (χ1) is 8.52. The van der Waals surface area contributed by atoms with Crippen LogP contribution in [0.15, 0.2) is 18.2 Å². The predicted molar refractivity (Wildman–Crippen MR) is 71.6 cm³/mol. The van der Waals surface area contributed by atoms with Gasteiger partial charge in [-0.2, -0.15) is 0 Å². The van der Waals surface area contributed by atoms with Crippen molar-refractivity contribution in [2.75, 3.05) is 6.54 Å². The first-order valence-corrected chi connectivity index (χ1v) is 6.70. The number of benzene rings is 1. The van der Waals surface area contributed by atoms with Crippen LogP contribution in [0.2, 0.25) is 0 Å². The smallest absolute Gasteiger partial charge is 0.129 e. The minimum atomic E-state index is -0.512.